The molecule has 0 fully saturated rings. The average Bonchev–Trinajstić information content (AvgIpc) is 2.67. The molecule has 17 heavy (non-hydrogen) atoms. The van der Waals surface area contributed by atoms with E-state index < -0.39 is 5.97 Å². The van der Waals surface area contributed by atoms with Gasteiger partial charge in [-0.2, -0.15) is 0 Å². The molecule has 1 heterocycles. The van der Waals surface area contributed by atoms with E-state index in [1.807, 2.05) is 37.3 Å². The minimum Gasteiger partial charge on any atom is -0.476 e. The molecule has 0 aliphatic carbocycles. The van der Waals surface area contributed by atoms with Gasteiger partial charge in [0, 0.05) is 18.8 Å². The van der Waals surface area contributed by atoms with Gasteiger partial charge in [-0.3, -0.25) is 4.68 Å². The van der Waals surface area contributed by atoms with Crippen molar-refractivity contribution >= 4 is 5.97 Å². The molecule has 1 aromatic heterocycles. The number of hydrogen-bond donors (Lipinski definition) is 2. The van der Waals surface area contributed by atoms with Crippen molar-refractivity contribution in [2.45, 2.75) is 6.92 Å². The van der Waals surface area contributed by atoms with Crippen molar-refractivity contribution in [2.24, 2.45) is 0 Å². The Bertz CT molecular complexity index is 544. The van der Waals surface area contributed by atoms with Gasteiger partial charge in [-0.25, -0.2) is 4.79 Å². The third-order valence-electron chi connectivity index (χ3n) is 2.70. The topological polar surface area (TPSA) is 54.3 Å². The molecule has 0 radical (unpaired) electrons. The number of aryl methyl sites for hydroxylation is 1. The third-order valence-corrected chi connectivity index (χ3v) is 2.70. The number of carbonyl (C=O) groups is 1. The van der Waals surface area contributed by atoms with Gasteiger partial charge in [0.15, 0.2) is 5.69 Å². The Morgan fingerprint density at radius 1 is 1.29 bits per heavy atom. The number of aromatic nitrogens is 1. The van der Waals surface area contributed by atoms with Gasteiger partial charge >= 0.3 is 5.97 Å². The van der Waals surface area contributed by atoms with E-state index in [1.165, 1.54) is 4.68 Å². The maximum atomic E-state index is 11.3. The number of rotatable bonds is 3. The summed E-state index contributed by atoms with van der Waals surface area (Å²) in [7, 11) is 1.70. The van der Waals surface area contributed by atoms with Gasteiger partial charge in [-0.1, -0.05) is 30.3 Å². The van der Waals surface area contributed by atoms with E-state index in [0.717, 1.165) is 16.7 Å². The second kappa shape index (κ2) is 4.33. The molecule has 88 valence electrons. The predicted molar refractivity (Wildman–Crippen MR) is 66.8 cm³/mol. The van der Waals surface area contributed by atoms with Crippen LogP contribution in [0.2, 0.25) is 0 Å². The number of carboxylic acids is 1. The normalized spacial score (nSPS) is 10.2. The summed E-state index contributed by atoms with van der Waals surface area (Å²) >= 11 is 0. The maximum Gasteiger partial charge on any atom is 0.355 e. The molecule has 0 saturated heterocycles. The fourth-order valence-electron chi connectivity index (χ4n) is 1.99. The second-order valence-corrected chi connectivity index (χ2v) is 3.80. The van der Waals surface area contributed by atoms with Crippen molar-refractivity contribution in [3.63, 3.8) is 0 Å². The molecule has 0 bridgehead atoms. The molecule has 4 nitrogen and oxygen atoms in total. The molecule has 0 aliphatic rings. The van der Waals surface area contributed by atoms with Gasteiger partial charge in [0.1, 0.15) is 0 Å². The Morgan fingerprint density at radius 2 is 1.94 bits per heavy atom. The molecule has 2 aromatic rings. The van der Waals surface area contributed by atoms with E-state index in [1.54, 1.807) is 13.2 Å². The van der Waals surface area contributed by atoms with E-state index in [0.29, 0.717) is 0 Å². The first-order chi connectivity index (χ1) is 8.15. The van der Waals surface area contributed by atoms with Gasteiger partial charge in [-0.15, -0.1) is 0 Å². The van der Waals surface area contributed by atoms with Crippen LogP contribution < -0.4 is 5.43 Å². The van der Waals surface area contributed by atoms with Crippen molar-refractivity contribution in [1.29, 1.82) is 0 Å². The Kier molecular flexibility index (Phi) is 2.87. The first-order valence-electron chi connectivity index (χ1n) is 5.33. The summed E-state index contributed by atoms with van der Waals surface area (Å²) in [5.41, 5.74) is 5.71. The number of benzene rings is 1. The average molecular weight is 230 g/mol. The van der Waals surface area contributed by atoms with E-state index in [-0.39, 0.29) is 5.69 Å². The number of aromatic carboxylic acids is 1. The summed E-state index contributed by atoms with van der Waals surface area (Å²) in [5.74, 6) is -0.939. The highest BCUT2D eigenvalue weighted by atomic mass is 16.4. The summed E-state index contributed by atoms with van der Waals surface area (Å²) in [4.78, 5) is 11.3. The van der Waals surface area contributed by atoms with Crippen LogP contribution in [0.5, 0.6) is 0 Å². The molecule has 4 heteroatoms. The van der Waals surface area contributed by atoms with Crippen LogP contribution in [0, 0.1) is 6.92 Å². The minimum absolute atomic E-state index is 0.260. The standard InChI is InChI=1S/C13H14N2O2/c1-9-8-15(14-2)12(13(16)17)11(9)10-6-4-3-5-7-10/h3-8,14H,1-2H3,(H,16,17). The first kappa shape index (κ1) is 11.3. The number of hydrogen-bond acceptors (Lipinski definition) is 2. The molecule has 0 unspecified atom stereocenters. The first-order valence-corrected chi connectivity index (χ1v) is 5.33. The lowest BCUT2D eigenvalue weighted by molar-refractivity contribution is 0.0688. The number of carboxylic acid groups (broad SMARTS) is 1. The zero-order valence-corrected chi connectivity index (χ0v) is 9.77. The van der Waals surface area contributed by atoms with Crippen LogP contribution in [-0.2, 0) is 0 Å². The summed E-state index contributed by atoms with van der Waals surface area (Å²) in [6, 6.07) is 9.53. The summed E-state index contributed by atoms with van der Waals surface area (Å²) in [6.45, 7) is 1.91. The zero-order valence-electron chi connectivity index (χ0n) is 9.77. The van der Waals surface area contributed by atoms with Crippen LogP contribution in [-0.4, -0.2) is 22.8 Å². The molecule has 0 atom stereocenters. The van der Waals surface area contributed by atoms with Crippen LogP contribution in [0.25, 0.3) is 11.1 Å². The smallest absolute Gasteiger partial charge is 0.355 e. The van der Waals surface area contributed by atoms with Crippen LogP contribution in [0.3, 0.4) is 0 Å². The largest absolute Gasteiger partial charge is 0.476 e. The summed E-state index contributed by atoms with van der Waals surface area (Å²) < 4.78 is 1.53. The van der Waals surface area contributed by atoms with Crippen LogP contribution in [0.4, 0.5) is 0 Å². The van der Waals surface area contributed by atoms with Crippen molar-refractivity contribution in [1.82, 2.24) is 4.68 Å². The van der Waals surface area contributed by atoms with Crippen LogP contribution in [0.1, 0.15) is 16.1 Å². The SMILES string of the molecule is CNn1cc(C)c(-c2ccccc2)c1C(=O)O. The lowest BCUT2D eigenvalue weighted by Crippen LogP contribution is -2.15. The van der Waals surface area contributed by atoms with Crippen LogP contribution in [0.15, 0.2) is 36.5 Å². The van der Waals surface area contributed by atoms with Crippen LogP contribution >= 0.6 is 0 Å². The van der Waals surface area contributed by atoms with Crippen molar-refractivity contribution in [2.75, 3.05) is 12.5 Å². The molecule has 0 aliphatic heterocycles. The van der Waals surface area contributed by atoms with Gasteiger partial charge in [0.05, 0.1) is 0 Å². The second-order valence-electron chi connectivity index (χ2n) is 3.80. The summed E-state index contributed by atoms with van der Waals surface area (Å²) in [5, 5.41) is 9.29. The predicted octanol–water partition coefficient (Wildman–Crippen LogP) is 2.34. The zero-order chi connectivity index (χ0) is 12.4. The third kappa shape index (κ3) is 1.89. The van der Waals surface area contributed by atoms with Gasteiger partial charge < -0.3 is 10.5 Å². The highest BCUT2D eigenvalue weighted by molar-refractivity contribution is 5.96. The highest BCUT2D eigenvalue weighted by Crippen LogP contribution is 2.28. The highest BCUT2D eigenvalue weighted by Gasteiger charge is 2.20. The fraction of sp³-hybridized carbons (Fsp3) is 0.154. The Labute approximate surface area is 99.5 Å². The molecule has 2 rings (SSSR count). The number of nitrogens with zero attached hydrogens (tertiary/aromatic N) is 1. The molecule has 2 N–H and O–H groups in total. The summed E-state index contributed by atoms with van der Waals surface area (Å²) in [6.07, 6.45) is 1.78. The minimum atomic E-state index is -0.939. The van der Waals surface area contributed by atoms with E-state index in [9.17, 15) is 9.90 Å². The van der Waals surface area contributed by atoms with Crippen molar-refractivity contribution < 1.29 is 9.90 Å². The number of nitrogens with one attached hydrogen (secondary N) is 1. The van der Waals surface area contributed by atoms with E-state index in [2.05, 4.69) is 5.43 Å². The van der Waals surface area contributed by atoms with Crippen molar-refractivity contribution in [3.8, 4) is 11.1 Å². The van der Waals surface area contributed by atoms with E-state index >= 15 is 0 Å². The monoisotopic (exact) mass is 230 g/mol. The Morgan fingerprint density at radius 3 is 2.47 bits per heavy atom. The fourth-order valence-corrected chi connectivity index (χ4v) is 1.99. The lowest BCUT2D eigenvalue weighted by Gasteiger charge is -2.06. The van der Waals surface area contributed by atoms with Gasteiger partial charge in [0.2, 0.25) is 0 Å². The Balaban J connectivity index is 2.69. The molecular weight excluding hydrogens is 216 g/mol. The van der Waals surface area contributed by atoms with E-state index in [4.69, 9.17) is 0 Å². The quantitative estimate of drug-likeness (QED) is 0.850. The van der Waals surface area contributed by atoms with Crippen molar-refractivity contribution in [3.05, 3.63) is 47.8 Å². The molecule has 0 spiro atoms. The molecule has 0 amide bonds. The maximum absolute atomic E-state index is 11.3. The molecule has 1 aromatic carbocycles. The lowest BCUT2D eigenvalue weighted by atomic mass is 10.0. The Hall–Kier alpha value is -2.23. The van der Waals surface area contributed by atoms with Gasteiger partial charge in [0.25, 0.3) is 0 Å². The van der Waals surface area contributed by atoms with Gasteiger partial charge in [-0.05, 0) is 18.1 Å². The molecule has 0 saturated carbocycles. The molecular formula is C13H14N2O2.